The Morgan fingerprint density at radius 2 is 2.14 bits per heavy atom. The number of benzene rings is 1. The number of rotatable bonds is 4. The molecule has 0 aromatic heterocycles. The number of nitro groups is 1. The molecule has 0 amide bonds. The molecule has 21 heavy (non-hydrogen) atoms. The van der Waals surface area contributed by atoms with Gasteiger partial charge in [0.05, 0.1) is 4.92 Å². The fourth-order valence-corrected chi connectivity index (χ4v) is 3.85. The Bertz CT molecular complexity index is 552. The Labute approximate surface area is 124 Å². The first-order valence-electron chi connectivity index (χ1n) is 7.76. The minimum Gasteiger partial charge on any atom is -0.483 e. The maximum Gasteiger partial charge on any atom is 0.311 e. The van der Waals surface area contributed by atoms with Crippen LogP contribution in [0.3, 0.4) is 0 Å². The number of nitro benzene ring substituents is 1. The summed E-state index contributed by atoms with van der Waals surface area (Å²) in [6, 6.07) is 5.44. The zero-order valence-electron chi connectivity index (χ0n) is 12.4. The van der Waals surface area contributed by atoms with Crippen LogP contribution in [0, 0.1) is 15.5 Å². The molecule has 2 N–H and O–H groups in total. The van der Waals surface area contributed by atoms with Gasteiger partial charge in [0, 0.05) is 23.9 Å². The number of hydrogen-bond donors (Lipinski definition) is 1. The van der Waals surface area contributed by atoms with E-state index in [9.17, 15) is 10.1 Å². The van der Waals surface area contributed by atoms with Crippen molar-refractivity contribution < 1.29 is 9.66 Å². The SMILES string of the molecule is CCc1ccc(OC2CC(N)C23CCCC3)c([N+](=O)[O-])c1. The maximum atomic E-state index is 11.3. The van der Waals surface area contributed by atoms with Gasteiger partial charge in [0.15, 0.2) is 5.75 Å². The zero-order valence-corrected chi connectivity index (χ0v) is 12.4. The molecular formula is C16H22N2O3. The van der Waals surface area contributed by atoms with E-state index in [0.717, 1.165) is 31.2 Å². The van der Waals surface area contributed by atoms with Crippen molar-refractivity contribution in [2.24, 2.45) is 11.1 Å². The summed E-state index contributed by atoms with van der Waals surface area (Å²) in [7, 11) is 0. The molecular weight excluding hydrogens is 268 g/mol. The van der Waals surface area contributed by atoms with Crippen molar-refractivity contribution in [1.82, 2.24) is 0 Å². The zero-order chi connectivity index (χ0) is 15.0. The van der Waals surface area contributed by atoms with E-state index in [1.165, 1.54) is 12.8 Å². The molecule has 0 radical (unpaired) electrons. The lowest BCUT2D eigenvalue weighted by molar-refractivity contribution is -0.386. The summed E-state index contributed by atoms with van der Waals surface area (Å²) in [6.07, 6.45) is 6.14. The van der Waals surface area contributed by atoms with Gasteiger partial charge >= 0.3 is 5.69 Å². The Balaban J connectivity index is 1.83. The molecule has 2 fully saturated rings. The fraction of sp³-hybridized carbons (Fsp3) is 0.625. The molecule has 2 atom stereocenters. The van der Waals surface area contributed by atoms with Crippen molar-refractivity contribution in [3.05, 3.63) is 33.9 Å². The molecule has 5 heteroatoms. The lowest BCUT2D eigenvalue weighted by Crippen LogP contribution is -2.62. The van der Waals surface area contributed by atoms with E-state index in [4.69, 9.17) is 10.5 Å². The van der Waals surface area contributed by atoms with E-state index in [2.05, 4.69) is 0 Å². The summed E-state index contributed by atoms with van der Waals surface area (Å²) >= 11 is 0. The van der Waals surface area contributed by atoms with Crippen LogP contribution in [0.25, 0.3) is 0 Å². The Morgan fingerprint density at radius 3 is 2.71 bits per heavy atom. The van der Waals surface area contributed by atoms with Crippen LogP contribution in [0.1, 0.15) is 44.6 Å². The quantitative estimate of drug-likeness (QED) is 0.682. The number of hydrogen-bond acceptors (Lipinski definition) is 4. The molecule has 1 aromatic carbocycles. The second-order valence-corrected chi connectivity index (χ2v) is 6.30. The highest BCUT2D eigenvalue weighted by Gasteiger charge is 2.56. The Hall–Kier alpha value is -1.62. The van der Waals surface area contributed by atoms with Crippen molar-refractivity contribution in [3.8, 4) is 5.75 Å². The molecule has 0 saturated heterocycles. The second kappa shape index (κ2) is 5.30. The maximum absolute atomic E-state index is 11.3. The van der Waals surface area contributed by atoms with E-state index in [-0.39, 0.29) is 28.2 Å². The number of nitrogens with two attached hydrogens (primary N) is 1. The van der Waals surface area contributed by atoms with E-state index in [0.29, 0.717) is 5.75 Å². The van der Waals surface area contributed by atoms with Gasteiger partial charge in [0.25, 0.3) is 0 Å². The smallest absolute Gasteiger partial charge is 0.311 e. The van der Waals surface area contributed by atoms with Gasteiger partial charge in [-0.1, -0.05) is 25.8 Å². The highest BCUT2D eigenvalue weighted by molar-refractivity contribution is 5.49. The van der Waals surface area contributed by atoms with Crippen molar-refractivity contribution >= 4 is 5.69 Å². The van der Waals surface area contributed by atoms with E-state index in [1.807, 2.05) is 13.0 Å². The van der Waals surface area contributed by atoms with Crippen molar-refractivity contribution in [1.29, 1.82) is 0 Å². The summed E-state index contributed by atoms with van der Waals surface area (Å²) in [5, 5.41) is 11.3. The number of nitrogens with zero attached hydrogens (tertiary/aromatic N) is 1. The lowest BCUT2D eigenvalue weighted by atomic mass is 9.61. The molecule has 2 unspecified atom stereocenters. The molecule has 1 spiro atoms. The third kappa shape index (κ3) is 2.29. The topological polar surface area (TPSA) is 78.4 Å². The van der Waals surface area contributed by atoms with Gasteiger partial charge in [-0.2, -0.15) is 0 Å². The molecule has 0 heterocycles. The largest absolute Gasteiger partial charge is 0.483 e. The monoisotopic (exact) mass is 290 g/mol. The molecule has 0 bridgehead atoms. The van der Waals surface area contributed by atoms with Crippen LogP contribution in [0.5, 0.6) is 5.75 Å². The molecule has 2 aliphatic rings. The molecule has 2 saturated carbocycles. The number of aryl methyl sites for hydroxylation is 1. The van der Waals surface area contributed by atoms with Crippen LogP contribution >= 0.6 is 0 Å². The first-order chi connectivity index (χ1) is 10.1. The van der Waals surface area contributed by atoms with Crippen LogP contribution in [0.2, 0.25) is 0 Å². The molecule has 0 aliphatic heterocycles. The molecule has 114 valence electrons. The summed E-state index contributed by atoms with van der Waals surface area (Å²) in [6.45, 7) is 1.98. The van der Waals surface area contributed by atoms with Crippen molar-refractivity contribution in [3.63, 3.8) is 0 Å². The van der Waals surface area contributed by atoms with Gasteiger partial charge in [-0.25, -0.2) is 0 Å². The van der Waals surface area contributed by atoms with Gasteiger partial charge in [-0.15, -0.1) is 0 Å². The van der Waals surface area contributed by atoms with Crippen LogP contribution in [-0.4, -0.2) is 17.1 Å². The lowest BCUT2D eigenvalue weighted by Gasteiger charge is -2.52. The van der Waals surface area contributed by atoms with Crippen LogP contribution < -0.4 is 10.5 Å². The summed E-state index contributed by atoms with van der Waals surface area (Å²) < 4.78 is 6.03. The van der Waals surface area contributed by atoms with E-state index in [1.54, 1.807) is 12.1 Å². The van der Waals surface area contributed by atoms with Gasteiger partial charge in [-0.3, -0.25) is 10.1 Å². The van der Waals surface area contributed by atoms with Crippen molar-refractivity contribution in [2.75, 3.05) is 0 Å². The molecule has 5 nitrogen and oxygen atoms in total. The first kappa shape index (κ1) is 14.3. The standard InChI is InChI=1S/C16H22N2O3/c1-2-11-5-6-13(12(9-11)18(19)20)21-15-10-14(17)16(15)7-3-4-8-16/h5-6,9,14-15H,2-4,7-8,10,17H2,1H3. The predicted octanol–water partition coefficient (Wildman–Crippen LogP) is 3.20. The summed E-state index contributed by atoms with van der Waals surface area (Å²) in [5.74, 6) is 0.389. The van der Waals surface area contributed by atoms with Crippen LogP contribution in [0.15, 0.2) is 18.2 Å². The third-order valence-electron chi connectivity index (χ3n) is 5.28. The molecule has 2 aliphatic carbocycles. The van der Waals surface area contributed by atoms with Gasteiger partial charge in [0.2, 0.25) is 0 Å². The second-order valence-electron chi connectivity index (χ2n) is 6.30. The highest BCUT2D eigenvalue weighted by atomic mass is 16.6. The summed E-state index contributed by atoms with van der Waals surface area (Å²) in [5.41, 5.74) is 7.27. The van der Waals surface area contributed by atoms with Crippen molar-refractivity contribution in [2.45, 2.75) is 57.6 Å². The third-order valence-corrected chi connectivity index (χ3v) is 5.28. The Kier molecular flexibility index (Phi) is 3.61. The molecule has 3 rings (SSSR count). The van der Waals surface area contributed by atoms with Crippen LogP contribution in [-0.2, 0) is 6.42 Å². The highest BCUT2D eigenvalue weighted by Crippen LogP contribution is 2.54. The van der Waals surface area contributed by atoms with Crippen LogP contribution in [0.4, 0.5) is 5.69 Å². The summed E-state index contributed by atoms with van der Waals surface area (Å²) in [4.78, 5) is 10.9. The Morgan fingerprint density at radius 1 is 1.43 bits per heavy atom. The fourth-order valence-electron chi connectivity index (χ4n) is 3.85. The number of ether oxygens (including phenoxy) is 1. The minimum atomic E-state index is -0.353. The van der Waals surface area contributed by atoms with E-state index >= 15 is 0 Å². The van der Waals surface area contributed by atoms with E-state index < -0.39 is 0 Å². The average molecular weight is 290 g/mol. The minimum absolute atomic E-state index is 0.0289. The van der Waals surface area contributed by atoms with Gasteiger partial charge in [-0.05, 0) is 30.9 Å². The molecule has 1 aromatic rings. The predicted molar refractivity (Wildman–Crippen MR) is 80.4 cm³/mol. The van der Waals surface area contributed by atoms with Gasteiger partial charge in [0.1, 0.15) is 6.10 Å². The average Bonchev–Trinajstić information content (AvgIpc) is 2.99. The normalized spacial score (nSPS) is 26.6. The first-order valence-corrected chi connectivity index (χ1v) is 7.76. The van der Waals surface area contributed by atoms with Gasteiger partial charge < -0.3 is 10.5 Å².